The van der Waals surface area contributed by atoms with Gasteiger partial charge in [-0.2, -0.15) is 0 Å². The molecule has 86 valence electrons. The average molecular weight is 229 g/mol. The van der Waals surface area contributed by atoms with Gasteiger partial charge in [-0.25, -0.2) is 0 Å². The highest BCUT2D eigenvalue weighted by Gasteiger charge is 2.17. The number of hydrogen-bond donors (Lipinski definition) is 3. The summed E-state index contributed by atoms with van der Waals surface area (Å²) >= 11 is 1.54. The largest absolute Gasteiger partial charge is 0.389 e. The Morgan fingerprint density at radius 3 is 2.87 bits per heavy atom. The lowest BCUT2D eigenvalue weighted by Crippen LogP contribution is -2.38. The van der Waals surface area contributed by atoms with Crippen LogP contribution in [-0.4, -0.2) is 28.9 Å². The highest BCUT2D eigenvalue weighted by Crippen LogP contribution is 2.17. The number of rotatable bonds is 6. The van der Waals surface area contributed by atoms with E-state index in [-0.39, 0.29) is 0 Å². The van der Waals surface area contributed by atoms with E-state index < -0.39 is 11.7 Å². The molecule has 4 heteroatoms. The predicted molar refractivity (Wildman–Crippen MR) is 63.1 cm³/mol. The third-order valence-corrected chi connectivity index (χ3v) is 3.45. The molecule has 1 rings (SSSR count). The van der Waals surface area contributed by atoms with Gasteiger partial charge in [0.15, 0.2) is 0 Å². The normalized spacial score (nSPS) is 17.3. The van der Waals surface area contributed by atoms with E-state index >= 15 is 0 Å². The van der Waals surface area contributed by atoms with E-state index in [9.17, 15) is 10.2 Å². The molecule has 0 saturated heterocycles. The molecule has 2 unspecified atom stereocenters. The summed E-state index contributed by atoms with van der Waals surface area (Å²) in [4.78, 5) is 0.957. The highest BCUT2D eigenvalue weighted by molar-refractivity contribution is 7.10. The second kappa shape index (κ2) is 5.61. The first kappa shape index (κ1) is 12.6. The predicted octanol–water partition coefficient (Wildman–Crippen LogP) is 1.53. The quantitative estimate of drug-likeness (QED) is 0.693. The van der Waals surface area contributed by atoms with E-state index in [1.165, 1.54) is 0 Å². The zero-order chi connectivity index (χ0) is 11.3. The molecule has 0 aliphatic rings. The molecule has 0 bridgehead atoms. The van der Waals surface area contributed by atoms with Gasteiger partial charge in [0.2, 0.25) is 0 Å². The molecule has 2 atom stereocenters. The fourth-order valence-electron chi connectivity index (χ4n) is 1.18. The van der Waals surface area contributed by atoms with Crippen molar-refractivity contribution in [2.75, 3.05) is 13.1 Å². The van der Waals surface area contributed by atoms with E-state index in [1.54, 1.807) is 18.3 Å². The Labute approximate surface area is 94.8 Å². The lowest BCUT2D eigenvalue weighted by atomic mass is 10.0. The number of thiophene rings is 1. The van der Waals surface area contributed by atoms with Crippen LogP contribution in [0.5, 0.6) is 0 Å². The Morgan fingerprint density at radius 1 is 1.60 bits per heavy atom. The first-order chi connectivity index (χ1) is 7.05. The van der Waals surface area contributed by atoms with Gasteiger partial charge < -0.3 is 15.5 Å². The summed E-state index contributed by atoms with van der Waals surface area (Å²) in [6.07, 6.45) is 0.229. The van der Waals surface area contributed by atoms with Crippen LogP contribution >= 0.6 is 11.3 Å². The molecule has 1 aromatic heterocycles. The van der Waals surface area contributed by atoms with Crippen molar-refractivity contribution >= 4 is 11.3 Å². The first-order valence-electron chi connectivity index (χ1n) is 5.20. The van der Waals surface area contributed by atoms with Crippen molar-refractivity contribution in [3.8, 4) is 0 Å². The lowest BCUT2D eigenvalue weighted by molar-refractivity contribution is 0.0517. The van der Waals surface area contributed by atoms with Gasteiger partial charge >= 0.3 is 0 Å². The van der Waals surface area contributed by atoms with Crippen LogP contribution in [0.4, 0.5) is 0 Å². The minimum atomic E-state index is -0.685. The number of nitrogens with one attached hydrogen (secondary N) is 1. The van der Waals surface area contributed by atoms with E-state index in [0.29, 0.717) is 19.5 Å². The summed E-state index contributed by atoms with van der Waals surface area (Å²) in [6, 6.07) is 3.83. The van der Waals surface area contributed by atoms with E-state index in [1.807, 2.05) is 24.4 Å². The fourth-order valence-corrected chi connectivity index (χ4v) is 1.90. The van der Waals surface area contributed by atoms with Crippen LogP contribution in [0, 0.1) is 0 Å². The maximum Gasteiger partial charge on any atom is 0.101 e. The van der Waals surface area contributed by atoms with Gasteiger partial charge in [-0.3, -0.25) is 0 Å². The van der Waals surface area contributed by atoms with Gasteiger partial charge in [-0.15, -0.1) is 11.3 Å². The van der Waals surface area contributed by atoms with Gasteiger partial charge in [0, 0.05) is 18.0 Å². The second-order valence-electron chi connectivity index (χ2n) is 4.01. The van der Waals surface area contributed by atoms with Crippen molar-refractivity contribution in [3.63, 3.8) is 0 Å². The van der Waals surface area contributed by atoms with Gasteiger partial charge in [0.25, 0.3) is 0 Å². The molecule has 3 N–H and O–H groups in total. The van der Waals surface area contributed by atoms with Crippen molar-refractivity contribution < 1.29 is 10.2 Å². The standard InChI is InChI=1S/C11H19NO2S/c1-3-11(2,14)8-12-7-9(13)10-5-4-6-15-10/h4-6,9,12-14H,3,7-8H2,1-2H3. The Bertz CT molecular complexity index is 272. The summed E-state index contributed by atoms with van der Waals surface area (Å²) in [5.41, 5.74) is -0.685. The minimum Gasteiger partial charge on any atom is -0.389 e. The Hall–Kier alpha value is -0.420. The van der Waals surface area contributed by atoms with Gasteiger partial charge in [0.1, 0.15) is 6.10 Å². The van der Waals surface area contributed by atoms with Crippen LogP contribution in [0.3, 0.4) is 0 Å². The van der Waals surface area contributed by atoms with Gasteiger partial charge in [-0.1, -0.05) is 13.0 Å². The van der Waals surface area contributed by atoms with E-state index in [2.05, 4.69) is 5.32 Å². The Kier molecular flexibility index (Phi) is 4.73. The molecule has 0 spiro atoms. The fraction of sp³-hybridized carbons (Fsp3) is 0.636. The lowest BCUT2D eigenvalue weighted by Gasteiger charge is -2.22. The van der Waals surface area contributed by atoms with Crippen molar-refractivity contribution in [1.82, 2.24) is 5.32 Å². The topological polar surface area (TPSA) is 52.5 Å². The molecule has 3 nitrogen and oxygen atoms in total. The Morgan fingerprint density at radius 2 is 2.33 bits per heavy atom. The number of aliphatic hydroxyl groups excluding tert-OH is 1. The maximum atomic E-state index is 9.75. The van der Waals surface area contributed by atoms with Crippen LogP contribution < -0.4 is 5.32 Å². The Balaban J connectivity index is 2.26. The van der Waals surface area contributed by atoms with Crippen molar-refractivity contribution in [2.45, 2.75) is 32.0 Å². The summed E-state index contributed by atoms with van der Waals surface area (Å²) in [6.45, 7) is 4.72. The number of aliphatic hydroxyl groups is 2. The molecule has 0 radical (unpaired) electrons. The zero-order valence-electron chi connectivity index (χ0n) is 9.23. The second-order valence-corrected chi connectivity index (χ2v) is 4.99. The maximum absolute atomic E-state index is 9.75. The zero-order valence-corrected chi connectivity index (χ0v) is 10.0. The van der Waals surface area contributed by atoms with E-state index in [0.717, 1.165) is 4.88 Å². The molecular formula is C11H19NO2S. The minimum absolute atomic E-state index is 0.474. The molecule has 0 aliphatic carbocycles. The molecule has 0 amide bonds. The van der Waals surface area contributed by atoms with Crippen molar-refractivity contribution in [3.05, 3.63) is 22.4 Å². The number of hydrogen-bond acceptors (Lipinski definition) is 4. The molecule has 0 saturated carbocycles. The van der Waals surface area contributed by atoms with Crippen molar-refractivity contribution in [2.24, 2.45) is 0 Å². The monoisotopic (exact) mass is 229 g/mol. The van der Waals surface area contributed by atoms with Crippen LogP contribution in [0.15, 0.2) is 17.5 Å². The molecule has 0 fully saturated rings. The molecule has 15 heavy (non-hydrogen) atoms. The summed E-state index contributed by atoms with van der Waals surface area (Å²) in [7, 11) is 0. The SMILES string of the molecule is CCC(C)(O)CNCC(O)c1cccs1. The summed E-state index contributed by atoms with van der Waals surface area (Å²) < 4.78 is 0. The highest BCUT2D eigenvalue weighted by atomic mass is 32.1. The van der Waals surface area contributed by atoms with Crippen LogP contribution in [-0.2, 0) is 0 Å². The first-order valence-corrected chi connectivity index (χ1v) is 6.07. The molecule has 1 aromatic rings. The third-order valence-electron chi connectivity index (χ3n) is 2.48. The van der Waals surface area contributed by atoms with E-state index in [4.69, 9.17) is 0 Å². The molecule has 0 aromatic carbocycles. The smallest absolute Gasteiger partial charge is 0.101 e. The van der Waals surface area contributed by atoms with Crippen LogP contribution in [0.1, 0.15) is 31.2 Å². The van der Waals surface area contributed by atoms with Crippen molar-refractivity contribution in [1.29, 1.82) is 0 Å². The van der Waals surface area contributed by atoms with Gasteiger partial charge in [0.05, 0.1) is 5.60 Å². The van der Waals surface area contributed by atoms with Crippen LogP contribution in [0.2, 0.25) is 0 Å². The summed E-state index contributed by atoms with van der Waals surface area (Å²) in [5.74, 6) is 0. The van der Waals surface area contributed by atoms with Gasteiger partial charge in [-0.05, 0) is 24.8 Å². The third kappa shape index (κ3) is 4.30. The summed E-state index contributed by atoms with van der Waals surface area (Å²) in [5, 5.41) is 24.5. The molecule has 0 aliphatic heterocycles. The molecule has 1 heterocycles. The average Bonchev–Trinajstić information content (AvgIpc) is 2.70. The molecular weight excluding hydrogens is 210 g/mol. The van der Waals surface area contributed by atoms with Crippen LogP contribution in [0.25, 0.3) is 0 Å².